The van der Waals surface area contributed by atoms with Gasteiger partial charge in [-0.3, -0.25) is 4.79 Å². The van der Waals surface area contributed by atoms with E-state index >= 15 is 0 Å². The predicted octanol–water partition coefficient (Wildman–Crippen LogP) is 0.958. The number of tetrazole rings is 1. The minimum absolute atomic E-state index is 0.189. The Morgan fingerprint density at radius 2 is 2.56 bits per heavy atom. The van der Waals surface area contributed by atoms with Crippen molar-refractivity contribution in [2.45, 2.75) is 36.2 Å². The standard InChI is InChI=1S/C9H12N4O2S/c14-8(15)6-13-9(10-11-12-13)16-7-4-2-1-3-5-7/h2,4,7H,1,3,5-6H2,(H,14,15). The van der Waals surface area contributed by atoms with Gasteiger partial charge >= 0.3 is 5.97 Å². The van der Waals surface area contributed by atoms with Crippen LogP contribution < -0.4 is 0 Å². The Morgan fingerprint density at radius 3 is 3.25 bits per heavy atom. The van der Waals surface area contributed by atoms with Crippen LogP contribution in [0.25, 0.3) is 0 Å². The summed E-state index contributed by atoms with van der Waals surface area (Å²) in [4.78, 5) is 10.6. The van der Waals surface area contributed by atoms with Crippen molar-refractivity contribution in [3.05, 3.63) is 12.2 Å². The van der Waals surface area contributed by atoms with E-state index in [0.717, 1.165) is 19.3 Å². The fourth-order valence-electron chi connectivity index (χ4n) is 1.52. The number of carbonyl (C=O) groups is 1. The van der Waals surface area contributed by atoms with Crippen LogP contribution in [0.1, 0.15) is 19.3 Å². The lowest BCUT2D eigenvalue weighted by Gasteiger charge is -2.14. The van der Waals surface area contributed by atoms with E-state index in [9.17, 15) is 4.79 Å². The highest BCUT2D eigenvalue weighted by Crippen LogP contribution is 2.28. The number of hydrogen-bond donors (Lipinski definition) is 1. The second-order valence-corrected chi connectivity index (χ2v) is 4.73. The summed E-state index contributed by atoms with van der Waals surface area (Å²) in [5.41, 5.74) is 0. The molecule has 1 heterocycles. The van der Waals surface area contributed by atoms with Gasteiger partial charge in [-0.1, -0.05) is 23.9 Å². The topological polar surface area (TPSA) is 80.9 Å². The molecule has 0 bridgehead atoms. The molecule has 16 heavy (non-hydrogen) atoms. The molecule has 7 heteroatoms. The van der Waals surface area contributed by atoms with Gasteiger partial charge in [0.15, 0.2) is 0 Å². The first-order chi connectivity index (χ1) is 7.75. The van der Waals surface area contributed by atoms with E-state index in [1.807, 2.05) is 0 Å². The zero-order valence-corrected chi connectivity index (χ0v) is 9.43. The lowest BCUT2D eigenvalue weighted by atomic mass is 10.1. The molecule has 0 aliphatic heterocycles. The molecule has 1 aliphatic rings. The molecule has 0 fully saturated rings. The number of thioether (sulfide) groups is 1. The fraction of sp³-hybridized carbons (Fsp3) is 0.556. The average molecular weight is 240 g/mol. The molecule has 0 amide bonds. The maximum Gasteiger partial charge on any atom is 0.325 e. The number of rotatable bonds is 4. The number of allylic oxidation sites excluding steroid dienone is 1. The zero-order chi connectivity index (χ0) is 11.4. The Kier molecular flexibility index (Phi) is 3.55. The number of hydrogen-bond acceptors (Lipinski definition) is 5. The highest BCUT2D eigenvalue weighted by Gasteiger charge is 2.16. The van der Waals surface area contributed by atoms with Crippen LogP contribution in [-0.4, -0.2) is 36.5 Å². The maximum atomic E-state index is 10.6. The summed E-state index contributed by atoms with van der Waals surface area (Å²) >= 11 is 1.52. The van der Waals surface area contributed by atoms with Gasteiger partial charge in [-0.2, -0.15) is 0 Å². The average Bonchev–Trinajstić information content (AvgIpc) is 2.66. The molecule has 1 N–H and O–H groups in total. The molecule has 1 unspecified atom stereocenters. The summed E-state index contributed by atoms with van der Waals surface area (Å²) in [5, 5.41) is 20.6. The summed E-state index contributed by atoms with van der Waals surface area (Å²) in [5.74, 6) is -0.937. The van der Waals surface area contributed by atoms with E-state index in [1.165, 1.54) is 16.4 Å². The summed E-state index contributed by atoms with van der Waals surface area (Å²) < 4.78 is 1.31. The Morgan fingerprint density at radius 1 is 1.69 bits per heavy atom. The van der Waals surface area contributed by atoms with Gasteiger partial charge in [-0.25, -0.2) is 4.68 Å². The van der Waals surface area contributed by atoms with Gasteiger partial charge in [0.2, 0.25) is 5.16 Å². The molecule has 6 nitrogen and oxygen atoms in total. The smallest absolute Gasteiger partial charge is 0.325 e. The predicted molar refractivity (Wildman–Crippen MR) is 58.1 cm³/mol. The molecule has 0 spiro atoms. The first-order valence-corrected chi connectivity index (χ1v) is 5.95. The van der Waals surface area contributed by atoms with Gasteiger partial charge in [0.05, 0.1) is 0 Å². The first-order valence-electron chi connectivity index (χ1n) is 5.07. The minimum atomic E-state index is -0.937. The van der Waals surface area contributed by atoms with Gasteiger partial charge in [0, 0.05) is 5.25 Å². The number of aromatic nitrogens is 4. The van der Waals surface area contributed by atoms with Crippen LogP contribution in [-0.2, 0) is 11.3 Å². The van der Waals surface area contributed by atoms with Crippen LogP contribution in [0, 0.1) is 0 Å². The molecule has 1 aromatic heterocycles. The van der Waals surface area contributed by atoms with E-state index in [1.54, 1.807) is 0 Å². The van der Waals surface area contributed by atoms with Crippen LogP contribution in [0.2, 0.25) is 0 Å². The van der Waals surface area contributed by atoms with E-state index < -0.39 is 5.97 Å². The summed E-state index contributed by atoms with van der Waals surface area (Å²) in [6, 6.07) is 0. The number of carboxylic acid groups (broad SMARTS) is 1. The van der Waals surface area contributed by atoms with E-state index in [2.05, 4.69) is 27.7 Å². The fourth-order valence-corrected chi connectivity index (χ4v) is 2.57. The number of carboxylic acids is 1. The summed E-state index contributed by atoms with van der Waals surface area (Å²) in [6.07, 6.45) is 7.65. The van der Waals surface area contributed by atoms with E-state index in [-0.39, 0.29) is 6.54 Å². The van der Waals surface area contributed by atoms with Gasteiger partial charge in [-0.15, -0.1) is 5.10 Å². The van der Waals surface area contributed by atoms with Crippen molar-refractivity contribution in [3.8, 4) is 0 Å². The van der Waals surface area contributed by atoms with Gasteiger partial charge in [0.25, 0.3) is 0 Å². The van der Waals surface area contributed by atoms with Gasteiger partial charge in [0.1, 0.15) is 6.54 Å². The van der Waals surface area contributed by atoms with E-state index in [4.69, 9.17) is 5.11 Å². The van der Waals surface area contributed by atoms with Crippen molar-refractivity contribution in [2.75, 3.05) is 0 Å². The Hall–Kier alpha value is -1.37. The molecule has 1 atom stereocenters. The molecule has 86 valence electrons. The molecule has 0 saturated carbocycles. The summed E-state index contributed by atoms with van der Waals surface area (Å²) in [6.45, 7) is -0.189. The van der Waals surface area contributed by atoms with Crippen LogP contribution in [0.4, 0.5) is 0 Å². The maximum absolute atomic E-state index is 10.6. The van der Waals surface area contributed by atoms with Crippen LogP contribution in [0.5, 0.6) is 0 Å². The first kappa shape index (κ1) is 11.1. The third kappa shape index (κ3) is 2.82. The Bertz CT molecular complexity index is 404. The third-order valence-corrected chi connectivity index (χ3v) is 3.45. The zero-order valence-electron chi connectivity index (χ0n) is 8.61. The van der Waals surface area contributed by atoms with Crippen molar-refractivity contribution in [2.24, 2.45) is 0 Å². The molecule has 1 aromatic rings. The molecule has 2 rings (SSSR count). The lowest BCUT2D eigenvalue weighted by Crippen LogP contribution is -2.13. The molecule has 0 aromatic carbocycles. The number of aliphatic carboxylic acids is 1. The molecule has 0 saturated heterocycles. The van der Waals surface area contributed by atoms with Crippen molar-refractivity contribution >= 4 is 17.7 Å². The lowest BCUT2D eigenvalue weighted by molar-refractivity contribution is -0.138. The van der Waals surface area contributed by atoms with Crippen molar-refractivity contribution in [1.82, 2.24) is 20.2 Å². The highest BCUT2D eigenvalue weighted by molar-refractivity contribution is 7.99. The normalized spacial score (nSPS) is 19.9. The SMILES string of the molecule is O=C(O)Cn1nnnc1SC1C=CCCC1. The molecule has 0 radical (unpaired) electrons. The number of nitrogens with zero attached hydrogens (tertiary/aromatic N) is 4. The molecular weight excluding hydrogens is 228 g/mol. The van der Waals surface area contributed by atoms with Crippen molar-refractivity contribution in [1.29, 1.82) is 0 Å². The largest absolute Gasteiger partial charge is 0.480 e. The Balaban J connectivity index is 2.03. The van der Waals surface area contributed by atoms with Gasteiger partial charge < -0.3 is 5.11 Å². The van der Waals surface area contributed by atoms with Crippen LogP contribution >= 0.6 is 11.8 Å². The summed E-state index contributed by atoms with van der Waals surface area (Å²) in [7, 11) is 0. The third-order valence-electron chi connectivity index (χ3n) is 2.25. The van der Waals surface area contributed by atoms with Crippen LogP contribution in [0.15, 0.2) is 17.3 Å². The molecule has 1 aliphatic carbocycles. The monoisotopic (exact) mass is 240 g/mol. The van der Waals surface area contributed by atoms with Crippen molar-refractivity contribution < 1.29 is 9.90 Å². The van der Waals surface area contributed by atoms with E-state index in [0.29, 0.717) is 10.4 Å². The van der Waals surface area contributed by atoms with Crippen molar-refractivity contribution in [3.63, 3.8) is 0 Å². The quantitative estimate of drug-likeness (QED) is 0.789. The minimum Gasteiger partial charge on any atom is -0.480 e. The van der Waals surface area contributed by atoms with Crippen LogP contribution in [0.3, 0.4) is 0 Å². The van der Waals surface area contributed by atoms with Gasteiger partial charge in [-0.05, 0) is 29.7 Å². The second-order valence-electron chi connectivity index (χ2n) is 3.53. The molecular formula is C9H12N4O2S. The highest BCUT2D eigenvalue weighted by atomic mass is 32.2. The Labute approximate surface area is 96.7 Å². The second kappa shape index (κ2) is 5.11.